The number of halogens is 1. The van der Waals surface area contributed by atoms with Gasteiger partial charge in [-0.15, -0.1) is 0 Å². The van der Waals surface area contributed by atoms with Crippen molar-refractivity contribution >= 4 is 23.5 Å². The summed E-state index contributed by atoms with van der Waals surface area (Å²) in [5.74, 6) is 0. The molecule has 3 rings (SSSR count). The van der Waals surface area contributed by atoms with Crippen LogP contribution in [-0.2, 0) is 12.8 Å². The molecule has 0 N–H and O–H groups in total. The third-order valence-electron chi connectivity index (χ3n) is 3.12. The molecule has 1 aliphatic heterocycles. The number of pyridine rings is 1. The van der Waals surface area contributed by atoms with Crippen LogP contribution in [0.4, 0.5) is 5.69 Å². The molecule has 0 radical (unpaired) electrons. The van der Waals surface area contributed by atoms with Crippen LogP contribution in [0.5, 0.6) is 0 Å². The van der Waals surface area contributed by atoms with Crippen LogP contribution >= 0.6 is 11.6 Å². The largest absolute Gasteiger partial charge is 0.261 e. The summed E-state index contributed by atoms with van der Waals surface area (Å²) in [5.41, 5.74) is 4.41. The van der Waals surface area contributed by atoms with E-state index >= 15 is 0 Å². The van der Waals surface area contributed by atoms with Gasteiger partial charge in [-0.3, -0.25) is 9.98 Å². The van der Waals surface area contributed by atoms with Gasteiger partial charge < -0.3 is 0 Å². The molecule has 0 saturated heterocycles. The van der Waals surface area contributed by atoms with E-state index in [1.807, 2.05) is 30.5 Å². The highest BCUT2D eigenvalue weighted by Gasteiger charge is 2.11. The summed E-state index contributed by atoms with van der Waals surface area (Å²) in [6, 6.07) is 10.1. The maximum absolute atomic E-state index is 6.33. The molecule has 0 unspecified atom stereocenters. The summed E-state index contributed by atoms with van der Waals surface area (Å²) in [6.07, 6.45) is 6.56. The van der Waals surface area contributed by atoms with Gasteiger partial charge in [0.25, 0.3) is 0 Å². The fraction of sp³-hybridized carbons (Fsp3) is 0.200. The molecule has 18 heavy (non-hydrogen) atoms. The molecule has 0 fully saturated rings. The van der Waals surface area contributed by atoms with Gasteiger partial charge in [-0.25, -0.2) is 0 Å². The molecular weight excluding hydrogens is 244 g/mol. The predicted octanol–water partition coefficient (Wildman–Crippen LogP) is 3.97. The number of hydrogen-bond donors (Lipinski definition) is 0. The maximum Gasteiger partial charge on any atom is 0.0661 e. The van der Waals surface area contributed by atoms with Gasteiger partial charge in [-0.05, 0) is 48.2 Å². The molecular formula is C15H13ClN2. The summed E-state index contributed by atoms with van der Waals surface area (Å²) in [5, 5.41) is 0.816. The van der Waals surface area contributed by atoms with Crippen molar-refractivity contribution in [2.24, 2.45) is 4.99 Å². The van der Waals surface area contributed by atoms with E-state index in [1.54, 1.807) is 6.20 Å². The first-order valence-corrected chi connectivity index (χ1v) is 6.44. The van der Waals surface area contributed by atoms with Crippen LogP contribution < -0.4 is 0 Å². The molecule has 1 aromatic carbocycles. The lowest BCUT2D eigenvalue weighted by molar-refractivity contribution is 1.01. The van der Waals surface area contributed by atoms with Crippen molar-refractivity contribution in [1.82, 2.24) is 4.98 Å². The minimum Gasteiger partial charge on any atom is -0.261 e. The van der Waals surface area contributed by atoms with E-state index in [2.05, 4.69) is 16.0 Å². The summed E-state index contributed by atoms with van der Waals surface area (Å²) in [6.45, 7) is 0. The second-order valence-electron chi connectivity index (χ2n) is 4.42. The molecule has 2 heterocycles. The molecule has 1 aromatic heterocycles. The van der Waals surface area contributed by atoms with Crippen LogP contribution in [0.1, 0.15) is 23.2 Å². The fourth-order valence-electron chi connectivity index (χ4n) is 2.18. The predicted molar refractivity (Wildman–Crippen MR) is 75.0 cm³/mol. The van der Waals surface area contributed by atoms with Gasteiger partial charge in [0.2, 0.25) is 0 Å². The molecule has 1 aliphatic rings. The Labute approximate surface area is 111 Å². The summed E-state index contributed by atoms with van der Waals surface area (Å²) >= 11 is 6.33. The number of rotatable bonds is 2. The Bertz CT molecular complexity index is 591. The number of aryl methyl sites for hydroxylation is 1. The van der Waals surface area contributed by atoms with Gasteiger partial charge in [0, 0.05) is 29.5 Å². The first kappa shape index (κ1) is 11.4. The zero-order chi connectivity index (χ0) is 12.4. The molecule has 0 atom stereocenters. The third-order valence-corrected chi connectivity index (χ3v) is 3.47. The van der Waals surface area contributed by atoms with Gasteiger partial charge in [0.05, 0.1) is 5.69 Å². The van der Waals surface area contributed by atoms with Crippen molar-refractivity contribution in [3.05, 3.63) is 58.4 Å². The highest BCUT2D eigenvalue weighted by Crippen LogP contribution is 2.31. The Morgan fingerprint density at radius 3 is 3.00 bits per heavy atom. The first-order valence-electron chi connectivity index (χ1n) is 6.06. The van der Waals surface area contributed by atoms with Crippen molar-refractivity contribution < 1.29 is 0 Å². The Morgan fingerprint density at radius 2 is 2.17 bits per heavy atom. The van der Waals surface area contributed by atoms with E-state index in [4.69, 9.17) is 11.6 Å². The van der Waals surface area contributed by atoms with Gasteiger partial charge in [0.15, 0.2) is 0 Å². The molecule has 3 heteroatoms. The number of hydrogen-bond acceptors (Lipinski definition) is 2. The number of aromatic nitrogens is 1. The van der Waals surface area contributed by atoms with Crippen molar-refractivity contribution in [3.63, 3.8) is 0 Å². The third kappa shape index (κ3) is 2.29. The molecule has 0 spiro atoms. The minimum absolute atomic E-state index is 0.752. The average molecular weight is 257 g/mol. The fourth-order valence-corrected chi connectivity index (χ4v) is 2.44. The highest BCUT2D eigenvalue weighted by atomic mass is 35.5. The van der Waals surface area contributed by atoms with E-state index in [0.29, 0.717) is 0 Å². The lowest BCUT2D eigenvalue weighted by atomic mass is 10.0. The molecule has 0 bridgehead atoms. The Hall–Kier alpha value is -1.67. The zero-order valence-electron chi connectivity index (χ0n) is 9.94. The standard InChI is InChI=1S/C15H13ClN2/c16-14-9-11-4-3-7-18-15(11)10-12(14)8-13-5-1-2-6-17-13/h1-2,5-7,9-10H,3-4,8H2. The number of aliphatic imine (C=N–C) groups is 1. The Balaban J connectivity index is 1.96. The van der Waals surface area contributed by atoms with E-state index in [-0.39, 0.29) is 0 Å². The van der Waals surface area contributed by atoms with Crippen LogP contribution in [0.3, 0.4) is 0 Å². The van der Waals surface area contributed by atoms with Crippen LogP contribution in [0.15, 0.2) is 41.5 Å². The second-order valence-corrected chi connectivity index (χ2v) is 4.83. The summed E-state index contributed by atoms with van der Waals surface area (Å²) in [7, 11) is 0. The van der Waals surface area contributed by atoms with Crippen LogP contribution in [-0.4, -0.2) is 11.2 Å². The SMILES string of the molecule is Clc1cc2c(cc1Cc1ccccn1)N=CCC2. The normalized spacial score (nSPS) is 13.4. The topological polar surface area (TPSA) is 25.2 Å². The average Bonchev–Trinajstić information content (AvgIpc) is 2.41. The zero-order valence-corrected chi connectivity index (χ0v) is 10.7. The summed E-state index contributed by atoms with van der Waals surface area (Å²) in [4.78, 5) is 8.76. The minimum atomic E-state index is 0.752. The lowest BCUT2D eigenvalue weighted by Crippen LogP contribution is -1.98. The highest BCUT2D eigenvalue weighted by molar-refractivity contribution is 6.31. The van der Waals surface area contributed by atoms with E-state index in [0.717, 1.165) is 41.2 Å². The maximum atomic E-state index is 6.33. The Kier molecular flexibility index (Phi) is 3.11. The van der Waals surface area contributed by atoms with E-state index in [1.165, 1.54) is 5.56 Å². The van der Waals surface area contributed by atoms with Gasteiger partial charge in [-0.2, -0.15) is 0 Å². The number of nitrogens with zero attached hydrogens (tertiary/aromatic N) is 2. The van der Waals surface area contributed by atoms with Crippen LogP contribution in [0, 0.1) is 0 Å². The van der Waals surface area contributed by atoms with E-state index in [9.17, 15) is 0 Å². The second kappa shape index (κ2) is 4.91. The van der Waals surface area contributed by atoms with Gasteiger partial charge in [0.1, 0.15) is 0 Å². The van der Waals surface area contributed by atoms with E-state index < -0.39 is 0 Å². The number of fused-ring (bicyclic) bond motifs is 1. The van der Waals surface area contributed by atoms with Crippen molar-refractivity contribution in [1.29, 1.82) is 0 Å². The lowest BCUT2D eigenvalue weighted by Gasteiger charge is -2.13. The van der Waals surface area contributed by atoms with Crippen molar-refractivity contribution in [2.75, 3.05) is 0 Å². The number of benzene rings is 1. The van der Waals surface area contributed by atoms with Crippen molar-refractivity contribution in [2.45, 2.75) is 19.3 Å². The molecule has 2 aromatic rings. The molecule has 90 valence electrons. The molecule has 2 nitrogen and oxygen atoms in total. The van der Waals surface area contributed by atoms with Crippen molar-refractivity contribution in [3.8, 4) is 0 Å². The van der Waals surface area contributed by atoms with Gasteiger partial charge >= 0.3 is 0 Å². The van der Waals surface area contributed by atoms with Crippen LogP contribution in [0.2, 0.25) is 5.02 Å². The van der Waals surface area contributed by atoms with Gasteiger partial charge in [-0.1, -0.05) is 17.7 Å². The quantitative estimate of drug-likeness (QED) is 0.798. The monoisotopic (exact) mass is 256 g/mol. The molecule has 0 aliphatic carbocycles. The Morgan fingerprint density at radius 1 is 1.22 bits per heavy atom. The molecule has 0 amide bonds. The summed E-state index contributed by atoms with van der Waals surface area (Å²) < 4.78 is 0. The first-order chi connectivity index (χ1) is 8.83. The smallest absolute Gasteiger partial charge is 0.0661 e. The molecule has 0 saturated carbocycles. The van der Waals surface area contributed by atoms with Crippen LogP contribution in [0.25, 0.3) is 0 Å².